The SMILES string of the molecule is O=C(/C=C/c1ccc2c(c1)CN(Sc1ccccc1)CC2)NO. The zero-order chi connectivity index (χ0) is 16.1. The van der Waals surface area contributed by atoms with E-state index >= 15 is 0 Å². The Bertz CT molecular complexity index is 716. The molecule has 3 rings (SSSR count). The molecule has 0 fully saturated rings. The maximum atomic E-state index is 11.1. The molecule has 2 aromatic rings. The number of nitrogens with zero attached hydrogens (tertiary/aromatic N) is 1. The van der Waals surface area contributed by atoms with Gasteiger partial charge in [0.2, 0.25) is 0 Å². The van der Waals surface area contributed by atoms with Gasteiger partial charge < -0.3 is 0 Å². The van der Waals surface area contributed by atoms with Gasteiger partial charge in [0.05, 0.1) is 0 Å². The smallest absolute Gasteiger partial charge is 0.267 e. The number of amides is 1. The van der Waals surface area contributed by atoms with Crippen LogP contribution in [0.5, 0.6) is 0 Å². The number of carbonyl (C=O) groups is 1. The number of benzene rings is 2. The fourth-order valence-electron chi connectivity index (χ4n) is 2.57. The van der Waals surface area contributed by atoms with Crippen molar-refractivity contribution in [3.8, 4) is 0 Å². The highest BCUT2D eigenvalue weighted by Gasteiger charge is 2.17. The Kier molecular flexibility index (Phi) is 5.12. The summed E-state index contributed by atoms with van der Waals surface area (Å²) in [7, 11) is 0. The molecular formula is C18H18N2O2S. The molecule has 1 aliphatic rings. The van der Waals surface area contributed by atoms with Crippen molar-refractivity contribution < 1.29 is 10.0 Å². The van der Waals surface area contributed by atoms with E-state index in [4.69, 9.17) is 5.21 Å². The molecule has 0 unspecified atom stereocenters. The van der Waals surface area contributed by atoms with Crippen molar-refractivity contribution in [2.45, 2.75) is 17.9 Å². The van der Waals surface area contributed by atoms with Crippen molar-refractivity contribution in [1.29, 1.82) is 0 Å². The lowest BCUT2D eigenvalue weighted by atomic mass is 9.98. The lowest BCUT2D eigenvalue weighted by Crippen LogP contribution is -2.24. The third-order valence-electron chi connectivity index (χ3n) is 3.72. The van der Waals surface area contributed by atoms with E-state index in [-0.39, 0.29) is 0 Å². The molecule has 0 bridgehead atoms. The minimum Gasteiger partial charge on any atom is -0.288 e. The molecule has 1 heterocycles. The summed E-state index contributed by atoms with van der Waals surface area (Å²) in [5.74, 6) is -0.524. The van der Waals surface area contributed by atoms with Crippen molar-refractivity contribution in [3.05, 3.63) is 71.3 Å². The van der Waals surface area contributed by atoms with Crippen LogP contribution in [-0.2, 0) is 17.8 Å². The topological polar surface area (TPSA) is 52.6 Å². The van der Waals surface area contributed by atoms with Gasteiger partial charge in [-0.2, -0.15) is 0 Å². The first-order valence-electron chi connectivity index (χ1n) is 7.46. The minimum atomic E-state index is -0.524. The highest BCUT2D eigenvalue weighted by Crippen LogP contribution is 2.29. The van der Waals surface area contributed by atoms with Crippen molar-refractivity contribution >= 4 is 23.9 Å². The zero-order valence-electron chi connectivity index (χ0n) is 12.6. The molecule has 0 saturated heterocycles. The van der Waals surface area contributed by atoms with Gasteiger partial charge in [-0.25, -0.2) is 9.79 Å². The van der Waals surface area contributed by atoms with E-state index in [0.717, 1.165) is 25.1 Å². The molecular weight excluding hydrogens is 308 g/mol. The van der Waals surface area contributed by atoms with Crippen LogP contribution in [0.15, 0.2) is 59.5 Å². The van der Waals surface area contributed by atoms with Crippen LogP contribution in [0, 0.1) is 0 Å². The van der Waals surface area contributed by atoms with Crippen LogP contribution in [0.1, 0.15) is 16.7 Å². The summed E-state index contributed by atoms with van der Waals surface area (Å²) in [6.07, 6.45) is 4.05. The Morgan fingerprint density at radius 2 is 2.00 bits per heavy atom. The highest BCUT2D eigenvalue weighted by molar-refractivity contribution is 7.97. The zero-order valence-corrected chi connectivity index (χ0v) is 13.4. The quantitative estimate of drug-likeness (QED) is 0.392. The van der Waals surface area contributed by atoms with Crippen LogP contribution in [0.4, 0.5) is 0 Å². The molecule has 118 valence electrons. The second-order valence-electron chi connectivity index (χ2n) is 5.36. The van der Waals surface area contributed by atoms with E-state index in [0.29, 0.717) is 0 Å². The van der Waals surface area contributed by atoms with E-state index in [1.807, 2.05) is 12.1 Å². The van der Waals surface area contributed by atoms with Crippen molar-refractivity contribution in [3.63, 3.8) is 0 Å². The maximum absolute atomic E-state index is 11.1. The van der Waals surface area contributed by atoms with Crippen LogP contribution in [0.3, 0.4) is 0 Å². The summed E-state index contributed by atoms with van der Waals surface area (Å²) >= 11 is 1.77. The molecule has 0 spiro atoms. The summed E-state index contributed by atoms with van der Waals surface area (Å²) in [5, 5.41) is 8.52. The molecule has 2 N–H and O–H groups in total. The molecule has 0 radical (unpaired) electrons. The van der Waals surface area contributed by atoms with Gasteiger partial charge in [0, 0.05) is 24.1 Å². The van der Waals surface area contributed by atoms with Crippen LogP contribution in [0.2, 0.25) is 0 Å². The predicted octanol–water partition coefficient (Wildman–Crippen LogP) is 3.27. The van der Waals surface area contributed by atoms with Crippen LogP contribution in [-0.4, -0.2) is 22.0 Å². The van der Waals surface area contributed by atoms with Gasteiger partial charge in [-0.3, -0.25) is 10.0 Å². The molecule has 1 amide bonds. The minimum absolute atomic E-state index is 0.524. The van der Waals surface area contributed by atoms with Crippen molar-refractivity contribution in [1.82, 2.24) is 9.79 Å². The van der Waals surface area contributed by atoms with Crippen molar-refractivity contribution in [2.75, 3.05) is 6.54 Å². The molecule has 1 aliphatic heterocycles. The van der Waals surface area contributed by atoms with E-state index in [2.05, 4.69) is 40.7 Å². The average Bonchev–Trinajstić information content (AvgIpc) is 2.60. The van der Waals surface area contributed by atoms with E-state index in [9.17, 15) is 4.79 Å². The standard InChI is InChI=1S/C18H18N2O2S/c21-18(19-22)9-7-14-6-8-15-10-11-20(13-16(15)12-14)23-17-4-2-1-3-5-17/h1-9,12,22H,10-11,13H2,(H,19,21)/b9-7+. The number of rotatable bonds is 4. The van der Waals surface area contributed by atoms with Gasteiger partial charge in [0.1, 0.15) is 0 Å². The molecule has 0 atom stereocenters. The summed E-state index contributed by atoms with van der Waals surface area (Å²) in [6.45, 7) is 1.90. The van der Waals surface area contributed by atoms with Gasteiger partial charge in [-0.05, 0) is 53.3 Å². The second kappa shape index (κ2) is 7.46. The summed E-state index contributed by atoms with van der Waals surface area (Å²) in [4.78, 5) is 12.3. The Labute approximate surface area is 139 Å². The predicted molar refractivity (Wildman–Crippen MR) is 91.8 cm³/mol. The van der Waals surface area contributed by atoms with Gasteiger partial charge in [-0.1, -0.05) is 36.4 Å². The lowest BCUT2D eigenvalue weighted by Gasteiger charge is -2.27. The fourth-order valence-corrected chi connectivity index (χ4v) is 3.54. The van der Waals surface area contributed by atoms with Gasteiger partial charge in [-0.15, -0.1) is 0 Å². The first-order chi connectivity index (χ1) is 11.2. The van der Waals surface area contributed by atoms with Crippen LogP contribution >= 0.6 is 11.9 Å². The van der Waals surface area contributed by atoms with Crippen LogP contribution < -0.4 is 5.48 Å². The van der Waals surface area contributed by atoms with Crippen LogP contribution in [0.25, 0.3) is 6.08 Å². The summed E-state index contributed by atoms with van der Waals surface area (Å²) < 4.78 is 2.35. The Morgan fingerprint density at radius 3 is 2.78 bits per heavy atom. The Hall–Kier alpha value is -2.08. The third-order valence-corrected chi connectivity index (χ3v) is 4.78. The third kappa shape index (κ3) is 4.22. The monoisotopic (exact) mass is 326 g/mol. The number of fused-ring (bicyclic) bond motifs is 1. The summed E-state index contributed by atoms with van der Waals surface area (Å²) in [5.41, 5.74) is 5.20. The Morgan fingerprint density at radius 1 is 1.17 bits per heavy atom. The van der Waals surface area contributed by atoms with Crippen molar-refractivity contribution in [2.24, 2.45) is 0 Å². The molecule has 4 nitrogen and oxygen atoms in total. The average molecular weight is 326 g/mol. The molecule has 0 aromatic heterocycles. The Balaban J connectivity index is 1.71. The fraction of sp³-hybridized carbons (Fsp3) is 0.167. The van der Waals surface area contributed by atoms with E-state index < -0.39 is 5.91 Å². The van der Waals surface area contributed by atoms with E-state index in [1.54, 1.807) is 23.5 Å². The van der Waals surface area contributed by atoms with E-state index in [1.165, 1.54) is 22.1 Å². The first-order valence-corrected chi connectivity index (χ1v) is 8.24. The normalized spacial score (nSPS) is 14.7. The molecule has 2 aromatic carbocycles. The number of carbonyl (C=O) groups excluding carboxylic acids is 1. The summed E-state index contributed by atoms with van der Waals surface area (Å²) in [6, 6.07) is 16.6. The number of hydrogen-bond acceptors (Lipinski definition) is 4. The lowest BCUT2D eigenvalue weighted by molar-refractivity contribution is -0.124. The molecule has 23 heavy (non-hydrogen) atoms. The van der Waals surface area contributed by atoms with Gasteiger partial charge in [0.25, 0.3) is 5.91 Å². The molecule has 5 heteroatoms. The van der Waals surface area contributed by atoms with Gasteiger partial charge in [0.15, 0.2) is 0 Å². The van der Waals surface area contributed by atoms with Gasteiger partial charge >= 0.3 is 0 Å². The number of hydrogen-bond donors (Lipinski definition) is 2. The number of nitrogens with one attached hydrogen (secondary N) is 1. The first kappa shape index (κ1) is 15.8. The molecule has 0 aliphatic carbocycles. The largest absolute Gasteiger partial charge is 0.288 e. The molecule has 0 saturated carbocycles. The maximum Gasteiger partial charge on any atom is 0.267 e. The number of hydroxylamine groups is 1. The second-order valence-corrected chi connectivity index (χ2v) is 6.53. The highest BCUT2D eigenvalue weighted by atomic mass is 32.2.